The molecule has 0 spiro atoms. The molecule has 2 aromatic carbocycles. The summed E-state index contributed by atoms with van der Waals surface area (Å²) in [5.74, 6) is 0. The largest absolute Gasteiger partial charge is 0.313 e. The summed E-state index contributed by atoms with van der Waals surface area (Å²) >= 11 is 0. The Bertz CT molecular complexity index is 512. The van der Waals surface area contributed by atoms with Gasteiger partial charge < -0.3 is 5.32 Å². The van der Waals surface area contributed by atoms with E-state index in [4.69, 9.17) is 0 Å². The maximum Gasteiger partial charge on any atom is 0.0205 e. The van der Waals surface area contributed by atoms with Gasteiger partial charge in [-0.05, 0) is 48.2 Å². The molecule has 0 fully saturated rings. The van der Waals surface area contributed by atoms with Gasteiger partial charge in [-0.1, -0.05) is 49.4 Å². The first-order valence-corrected chi connectivity index (χ1v) is 6.58. The fourth-order valence-electron chi connectivity index (χ4n) is 2.14. The van der Waals surface area contributed by atoms with Crippen molar-refractivity contribution in [2.45, 2.75) is 27.3 Å². The summed E-state index contributed by atoms with van der Waals surface area (Å²) in [6.07, 6.45) is 0. The van der Waals surface area contributed by atoms with Gasteiger partial charge in [0, 0.05) is 6.54 Å². The van der Waals surface area contributed by atoms with Gasteiger partial charge >= 0.3 is 0 Å². The van der Waals surface area contributed by atoms with E-state index in [0.29, 0.717) is 0 Å². The lowest BCUT2D eigenvalue weighted by atomic mass is 9.96. The van der Waals surface area contributed by atoms with Crippen LogP contribution in [-0.2, 0) is 6.54 Å². The zero-order valence-electron chi connectivity index (χ0n) is 11.5. The van der Waals surface area contributed by atoms with E-state index in [9.17, 15) is 0 Å². The van der Waals surface area contributed by atoms with Gasteiger partial charge in [-0.2, -0.15) is 0 Å². The average molecular weight is 239 g/mol. The SMILES string of the molecule is CCNCc1ccc(-c2cccc(C)c2C)cc1. The molecule has 94 valence electrons. The highest BCUT2D eigenvalue weighted by molar-refractivity contribution is 5.68. The van der Waals surface area contributed by atoms with Crippen molar-refractivity contribution < 1.29 is 0 Å². The first kappa shape index (κ1) is 12.8. The summed E-state index contributed by atoms with van der Waals surface area (Å²) in [6, 6.07) is 15.3. The number of nitrogens with one attached hydrogen (secondary N) is 1. The van der Waals surface area contributed by atoms with Gasteiger partial charge in [-0.3, -0.25) is 0 Å². The molecule has 0 amide bonds. The highest BCUT2D eigenvalue weighted by Gasteiger charge is 2.03. The molecule has 0 unspecified atom stereocenters. The monoisotopic (exact) mass is 239 g/mol. The second-order valence-corrected chi connectivity index (χ2v) is 4.72. The molecule has 0 saturated carbocycles. The second kappa shape index (κ2) is 5.83. The lowest BCUT2D eigenvalue weighted by Crippen LogP contribution is -2.11. The average Bonchev–Trinajstić information content (AvgIpc) is 2.40. The standard InChI is InChI=1S/C17H21N/c1-4-18-12-15-8-10-16(11-9-15)17-7-5-6-13(2)14(17)3/h5-11,18H,4,12H2,1-3H3. The molecule has 18 heavy (non-hydrogen) atoms. The van der Waals surface area contributed by atoms with E-state index in [2.05, 4.69) is 68.6 Å². The predicted molar refractivity (Wildman–Crippen MR) is 78.7 cm³/mol. The summed E-state index contributed by atoms with van der Waals surface area (Å²) in [5.41, 5.74) is 6.70. The van der Waals surface area contributed by atoms with Crippen LogP contribution in [0.5, 0.6) is 0 Å². The van der Waals surface area contributed by atoms with Crippen LogP contribution in [0.3, 0.4) is 0 Å². The Hall–Kier alpha value is -1.60. The first-order chi connectivity index (χ1) is 8.72. The smallest absolute Gasteiger partial charge is 0.0205 e. The molecule has 0 radical (unpaired) electrons. The maximum atomic E-state index is 3.34. The lowest BCUT2D eigenvalue weighted by molar-refractivity contribution is 0.727. The van der Waals surface area contributed by atoms with Gasteiger partial charge in [0.05, 0.1) is 0 Å². The van der Waals surface area contributed by atoms with E-state index in [-0.39, 0.29) is 0 Å². The molecule has 1 heteroatoms. The second-order valence-electron chi connectivity index (χ2n) is 4.72. The molecular formula is C17H21N. The number of hydrogen-bond donors (Lipinski definition) is 1. The van der Waals surface area contributed by atoms with Crippen molar-refractivity contribution in [2.75, 3.05) is 6.54 Å². The minimum absolute atomic E-state index is 0.948. The number of aryl methyl sites for hydroxylation is 1. The first-order valence-electron chi connectivity index (χ1n) is 6.58. The van der Waals surface area contributed by atoms with E-state index in [1.165, 1.54) is 27.8 Å². The maximum absolute atomic E-state index is 3.34. The van der Waals surface area contributed by atoms with Crippen LogP contribution in [-0.4, -0.2) is 6.54 Å². The van der Waals surface area contributed by atoms with Crippen molar-refractivity contribution in [3.8, 4) is 11.1 Å². The Morgan fingerprint density at radius 2 is 1.67 bits per heavy atom. The Morgan fingerprint density at radius 3 is 2.33 bits per heavy atom. The summed E-state index contributed by atoms with van der Waals surface area (Å²) < 4.78 is 0. The number of rotatable bonds is 4. The Morgan fingerprint density at radius 1 is 0.944 bits per heavy atom. The van der Waals surface area contributed by atoms with Crippen LogP contribution in [0.2, 0.25) is 0 Å². The number of benzene rings is 2. The van der Waals surface area contributed by atoms with Crippen molar-refractivity contribution >= 4 is 0 Å². The third kappa shape index (κ3) is 2.80. The van der Waals surface area contributed by atoms with Gasteiger partial charge in [-0.25, -0.2) is 0 Å². The quantitative estimate of drug-likeness (QED) is 0.847. The van der Waals surface area contributed by atoms with Crippen molar-refractivity contribution in [3.05, 3.63) is 59.2 Å². The number of hydrogen-bond acceptors (Lipinski definition) is 1. The molecule has 0 aromatic heterocycles. The van der Waals surface area contributed by atoms with Crippen LogP contribution in [0.4, 0.5) is 0 Å². The molecule has 0 atom stereocenters. The van der Waals surface area contributed by atoms with Gasteiger partial charge in [0.15, 0.2) is 0 Å². The summed E-state index contributed by atoms with van der Waals surface area (Å²) in [5, 5.41) is 3.34. The van der Waals surface area contributed by atoms with Gasteiger partial charge in [0.25, 0.3) is 0 Å². The third-order valence-electron chi connectivity index (χ3n) is 3.45. The fourth-order valence-corrected chi connectivity index (χ4v) is 2.14. The van der Waals surface area contributed by atoms with Crippen LogP contribution >= 0.6 is 0 Å². The molecule has 0 heterocycles. The van der Waals surface area contributed by atoms with Crippen molar-refractivity contribution in [3.63, 3.8) is 0 Å². The Kier molecular flexibility index (Phi) is 4.16. The molecule has 0 aliphatic carbocycles. The van der Waals surface area contributed by atoms with Crippen LogP contribution in [0, 0.1) is 13.8 Å². The molecule has 2 aromatic rings. The van der Waals surface area contributed by atoms with E-state index < -0.39 is 0 Å². The van der Waals surface area contributed by atoms with E-state index >= 15 is 0 Å². The van der Waals surface area contributed by atoms with Crippen molar-refractivity contribution in [2.24, 2.45) is 0 Å². The Balaban J connectivity index is 2.26. The molecule has 0 aliphatic rings. The van der Waals surface area contributed by atoms with Crippen LogP contribution in [0.1, 0.15) is 23.6 Å². The Labute approximate surface area is 110 Å². The van der Waals surface area contributed by atoms with Crippen LogP contribution in [0.25, 0.3) is 11.1 Å². The minimum Gasteiger partial charge on any atom is -0.313 e. The normalized spacial score (nSPS) is 10.6. The van der Waals surface area contributed by atoms with E-state index in [1.54, 1.807) is 0 Å². The van der Waals surface area contributed by atoms with Gasteiger partial charge in [0.1, 0.15) is 0 Å². The lowest BCUT2D eigenvalue weighted by Gasteiger charge is -2.09. The molecule has 0 bridgehead atoms. The van der Waals surface area contributed by atoms with E-state index in [1.807, 2.05) is 0 Å². The molecule has 0 aliphatic heterocycles. The molecule has 2 rings (SSSR count). The highest BCUT2D eigenvalue weighted by Crippen LogP contribution is 2.25. The fraction of sp³-hybridized carbons (Fsp3) is 0.294. The summed E-state index contributed by atoms with van der Waals surface area (Å²) in [7, 11) is 0. The van der Waals surface area contributed by atoms with Crippen molar-refractivity contribution in [1.29, 1.82) is 0 Å². The molecule has 1 nitrogen and oxygen atoms in total. The van der Waals surface area contributed by atoms with Crippen LogP contribution in [0.15, 0.2) is 42.5 Å². The minimum atomic E-state index is 0.948. The topological polar surface area (TPSA) is 12.0 Å². The molecule has 0 saturated heterocycles. The summed E-state index contributed by atoms with van der Waals surface area (Å²) in [6.45, 7) is 8.45. The highest BCUT2D eigenvalue weighted by atomic mass is 14.8. The van der Waals surface area contributed by atoms with Crippen LogP contribution < -0.4 is 5.32 Å². The molecule has 1 N–H and O–H groups in total. The zero-order chi connectivity index (χ0) is 13.0. The van der Waals surface area contributed by atoms with E-state index in [0.717, 1.165) is 13.1 Å². The predicted octanol–water partition coefficient (Wildman–Crippen LogP) is 4.08. The third-order valence-corrected chi connectivity index (χ3v) is 3.45. The summed E-state index contributed by atoms with van der Waals surface area (Å²) in [4.78, 5) is 0. The molecular weight excluding hydrogens is 218 g/mol. The van der Waals surface area contributed by atoms with Gasteiger partial charge in [-0.15, -0.1) is 0 Å². The zero-order valence-corrected chi connectivity index (χ0v) is 11.5. The van der Waals surface area contributed by atoms with Gasteiger partial charge in [0.2, 0.25) is 0 Å². The van der Waals surface area contributed by atoms with Crippen molar-refractivity contribution in [1.82, 2.24) is 5.32 Å².